The number of fused-ring (bicyclic) bond motifs is 1. The minimum Gasteiger partial charge on any atom is -0.342 e. The zero-order valence-corrected chi connectivity index (χ0v) is 15.2. The molecule has 0 spiro atoms. The van der Waals surface area contributed by atoms with Crippen molar-refractivity contribution in [2.75, 3.05) is 26.2 Å². The molecule has 0 aromatic carbocycles. The molecule has 1 aromatic heterocycles. The second kappa shape index (κ2) is 7.39. The minimum atomic E-state index is -0.180. The van der Waals surface area contributed by atoms with E-state index >= 15 is 0 Å². The number of thiophene rings is 1. The lowest BCUT2D eigenvalue weighted by molar-refractivity contribution is -0.139. The Bertz CT molecular complexity index is 691. The Morgan fingerprint density at radius 1 is 1.36 bits per heavy atom. The summed E-state index contributed by atoms with van der Waals surface area (Å²) >= 11 is 1.53. The first-order valence-electron chi connectivity index (χ1n) is 8.60. The average Bonchev–Trinajstić information content (AvgIpc) is 3.20. The van der Waals surface area contributed by atoms with Gasteiger partial charge < -0.3 is 15.1 Å². The quantitative estimate of drug-likeness (QED) is 0.820. The monoisotopic (exact) mass is 361 g/mol. The van der Waals surface area contributed by atoms with Gasteiger partial charge in [0, 0.05) is 30.6 Å². The van der Waals surface area contributed by atoms with Crippen LogP contribution in [0.4, 0.5) is 0 Å². The van der Waals surface area contributed by atoms with Crippen molar-refractivity contribution in [1.29, 1.82) is 0 Å². The van der Waals surface area contributed by atoms with Gasteiger partial charge in [0.1, 0.15) is 0 Å². The van der Waals surface area contributed by atoms with Crippen LogP contribution in [0.25, 0.3) is 0 Å². The number of nitrogens with zero attached hydrogens (tertiary/aromatic N) is 2. The van der Waals surface area contributed by atoms with E-state index < -0.39 is 0 Å². The van der Waals surface area contributed by atoms with Gasteiger partial charge in [0.2, 0.25) is 11.8 Å². The molecule has 1 fully saturated rings. The number of carbonyl (C=O) groups is 3. The Morgan fingerprint density at radius 3 is 2.84 bits per heavy atom. The molecule has 1 aliphatic heterocycles. The molecular weight excluding hydrogens is 338 g/mol. The van der Waals surface area contributed by atoms with Gasteiger partial charge in [-0.3, -0.25) is 14.4 Å². The highest BCUT2D eigenvalue weighted by Crippen LogP contribution is 2.30. The molecular formula is C18H23N3O3S. The van der Waals surface area contributed by atoms with Crippen LogP contribution in [0.15, 0.2) is 18.7 Å². The number of nitrogens with one attached hydrogen (secondary N) is 1. The van der Waals surface area contributed by atoms with Crippen LogP contribution in [-0.4, -0.2) is 59.7 Å². The van der Waals surface area contributed by atoms with Crippen LogP contribution in [0.3, 0.4) is 0 Å². The fourth-order valence-electron chi connectivity index (χ4n) is 3.44. The summed E-state index contributed by atoms with van der Waals surface area (Å²) in [4.78, 5) is 41.8. The predicted molar refractivity (Wildman–Crippen MR) is 96.6 cm³/mol. The molecule has 134 valence electrons. The van der Waals surface area contributed by atoms with E-state index in [0.29, 0.717) is 24.5 Å². The van der Waals surface area contributed by atoms with Crippen LogP contribution in [0.2, 0.25) is 0 Å². The summed E-state index contributed by atoms with van der Waals surface area (Å²) in [6, 6.07) is 1.88. The Hall–Kier alpha value is -2.15. The Kier molecular flexibility index (Phi) is 5.22. The SMILES string of the molecule is C=CC(=O)N1CCN(C(=O)CNC(=O)c2cc3c(s2)CCC3)[C@@H](C)C1. The van der Waals surface area contributed by atoms with Crippen molar-refractivity contribution < 1.29 is 14.4 Å². The third kappa shape index (κ3) is 3.76. The molecule has 1 aliphatic carbocycles. The second-order valence-electron chi connectivity index (χ2n) is 6.52. The number of amides is 3. The molecule has 0 saturated carbocycles. The molecule has 25 heavy (non-hydrogen) atoms. The van der Waals surface area contributed by atoms with Gasteiger partial charge in [-0.25, -0.2) is 0 Å². The highest BCUT2D eigenvalue weighted by atomic mass is 32.1. The number of hydrogen-bond acceptors (Lipinski definition) is 4. The van der Waals surface area contributed by atoms with E-state index in [0.717, 1.165) is 12.8 Å². The van der Waals surface area contributed by atoms with Crippen molar-refractivity contribution in [2.24, 2.45) is 0 Å². The fraction of sp³-hybridized carbons (Fsp3) is 0.500. The van der Waals surface area contributed by atoms with Gasteiger partial charge in [-0.15, -0.1) is 11.3 Å². The summed E-state index contributed by atoms with van der Waals surface area (Å²) in [7, 11) is 0. The number of hydrogen-bond donors (Lipinski definition) is 1. The van der Waals surface area contributed by atoms with Crippen molar-refractivity contribution in [3.8, 4) is 0 Å². The number of aryl methyl sites for hydroxylation is 2. The summed E-state index contributed by atoms with van der Waals surface area (Å²) in [5.41, 5.74) is 1.28. The largest absolute Gasteiger partial charge is 0.342 e. The molecule has 7 heteroatoms. The normalized spacial score (nSPS) is 19.5. The van der Waals surface area contributed by atoms with E-state index in [2.05, 4.69) is 11.9 Å². The maximum absolute atomic E-state index is 12.4. The van der Waals surface area contributed by atoms with Gasteiger partial charge in [-0.1, -0.05) is 6.58 Å². The molecule has 0 bridgehead atoms. The van der Waals surface area contributed by atoms with Crippen molar-refractivity contribution in [3.05, 3.63) is 34.0 Å². The molecule has 2 aliphatic rings. The van der Waals surface area contributed by atoms with Gasteiger partial charge in [-0.2, -0.15) is 0 Å². The maximum Gasteiger partial charge on any atom is 0.261 e. The van der Waals surface area contributed by atoms with E-state index in [1.54, 1.807) is 9.80 Å². The maximum atomic E-state index is 12.4. The summed E-state index contributed by atoms with van der Waals surface area (Å²) in [5.74, 6) is -0.408. The van der Waals surface area contributed by atoms with Crippen LogP contribution in [-0.2, 0) is 22.4 Å². The van der Waals surface area contributed by atoms with Crippen molar-refractivity contribution in [2.45, 2.75) is 32.2 Å². The Labute approximate surface area is 151 Å². The summed E-state index contributed by atoms with van der Waals surface area (Å²) in [6.07, 6.45) is 4.56. The lowest BCUT2D eigenvalue weighted by Gasteiger charge is -2.39. The van der Waals surface area contributed by atoms with Gasteiger partial charge >= 0.3 is 0 Å². The molecule has 6 nitrogen and oxygen atoms in total. The van der Waals surface area contributed by atoms with Gasteiger partial charge in [0.15, 0.2) is 0 Å². The van der Waals surface area contributed by atoms with Gasteiger partial charge in [0.25, 0.3) is 5.91 Å². The first-order chi connectivity index (χ1) is 12.0. The average molecular weight is 361 g/mol. The van der Waals surface area contributed by atoms with Crippen LogP contribution < -0.4 is 5.32 Å². The summed E-state index contributed by atoms with van der Waals surface area (Å²) in [6.45, 7) is 6.84. The topological polar surface area (TPSA) is 69.7 Å². The molecule has 3 amide bonds. The van der Waals surface area contributed by atoms with Crippen LogP contribution >= 0.6 is 11.3 Å². The summed E-state index contributed by atoms with van der Waals surface area (Å²) in [5, 5.41) is 2.73. The van der Waals surface area contributed by atoms with E-state index in [1.807, 2.05) is 13.0 Å². The number of rotatable bonds is 4. The minimum absolute atomic E-state index is 0.0128. The first-order valence-corrected chi connectivity index (χ1v) is 9.42. The lowest BCUT2D eigenvalue weighted by Crippen LogP contribution is -2.56. The van der Waals surface area contributed by atoms with Crippen LogP contribution in [0.5, 0.6) is 0 Å². The Morgan fingerprint density at radius 2 is 2.16 bits per heavy atom. The molecule has 1 saturated heterocycles. The third-order valence-electron chi connectivity index (χ3n) is 4.80. The molecule has 2 heterocycles. The molecule has 0 unspecified atom stereocenters. The molecule has 1 atom stereocenters. The second-order valence-corrected chi connectivity index (χ2v) is 7.66. The van der Waals surface area contributed by atoms with Gasteiger partial charge in [0.05, 0.1) is 11.4 Å². The van der Waals surface area contributed by atoms with Crippen LogP contribution in [0, 0.1) is 0 Å². The van der Waals surface area contributed by atoms with E-state index in [-0.39, 0.29) is 30.3 Å². The van der Waals surface area contributed by atoms with E-state index in [1.165, 1.54) is 34.3 Å². The highest BCUT2D eigenvalue weighted by Gasteiger charge is 2.29. The highest BCUT2D eigenvalue weighted by molar-refractivity contribution is 7.14. The molecule has 1 aromatic rings. The zero-order chi connectivity index (χ0) is 18.0. The van der Waals surface area contributed by atoms with Crippen molar-refractivity contribution in [1.82, 2.24) is 15.1 Å². The van der Waals surface area contributed by atoms with Gasteiger partial charge in [-0.05, 0) is 43.9 Å². The number of carbonyl (C=O) groups excluding carboxylic acids is 3. The Balaban J connectivity index is 1.51. The lowest BCUT2D eigenvalue weighted by atomic mass is 10.2. The fourth-order valence-corrected chi connectivity index (χ4v) is 4.61. The van der Waals surface area contributed by atoms with Crippen molar-refractivity contribution in [3.63, 3.8) is 0 Å². The van der Waals surface area contributed by atoms with E-state index in [9.17, 15) is 14.4 Å². The standard InChI is InChI=1S/C18H23N3O3S/c1-3-16(22)20-7-8-21(12(2)11-20)17(23)10-19-18(24)15-9-13-5-4-6-14(13)25-15/h3,9,12H,1,4-8,10-11H2,2H3,(H,19,24)/t12-/m0/s1. The smallest absolute Gasteiger partial charge is 0.261 e. The first kappa shape index (κ1) is 17.7. The molecule has 0 radical (unpaired) electrons. The van der Waals surface area contributed by atoms with E-state index in [4.69, 9.17) is 0 Å². The summed E-state index contributed by atoms with van der Waals surface area (Å²) < 4.78 is 0. The predicted octanol–water partition coefficient (Wildman–Crippen LogP) is 1.21. The van der Waals surface area contributed by atoms with Crippen LogP contribution in [0.1, 0.15) is 33.5 Å². The number of piperazine rings is 1. The molecule has 3 rings (SSSR count). The van der Waals surface area contributed by atoms with Crippen molar-refractivity contribution >= 4 is 29.1 Å². The molecule has 1 N–H and O–H groups in total. The zero-order valence-electron chi connectivity index (χ0n) is 14.4. The third-order valence-corrected chi connectivity index (χ3v) is 6.04.